The Morgan fingerprint density at radius 2 is 1.45 bits per heavy atom. The summed E-state index contributed by atoms with van der Waals surface area (Å²) in [5.74, 6) is -0.0759. The second-order valence-corrected chi connectivity index (χ2v) is 12.4. The third-order valence-electron chi connectivity index (χ3n) is 8.77. The average Bonchev–Trinajstić information content (AvgIpc) is 3.68. The summed E-state index contributed by atoms with van der Waals surface area (Å²) in [6.45, 7) is 8.40. The summed E-state index contributed by atoms with van der Waals surface area (Å²) in [5, 5.41) is 5.92. The maximum absolute atomic E-state index is 13.0. The Bertz CT molecular complexity index is 1470. The SMILES string of the molecule is CC1(C)OB(C(=Cc2ccc(C(=O)NC3CC3)cc2)CNC(=O)OCC2c3ccccc3-c3ccccc32)OC1(C)C. The minimum Gasteiger partial charge on any atom is -0.449 e. The first-order valence-corrected chi connectivity index (χ1v) is 14.7. The fourth-order valence-corrected chi connectivity index (χ4v) is 5.46. The Morgan fingerprint density at radius 1 is 0.881 bits per heavy atom. The lowest BCUT2D eigenvalue weighted by Gasteiger charge is -2.32. The number of nitrogens with one attached hydrogen (secondary N) is 2. The number of ether oxygens (including phenoxy) is 1. The van der Waals surface area contributed by atoms with E-state index in [1.54, 1.807) is 0 Å². The molecule has 7 nitrogen and oxygen atoms in total. The van der Waals surface area contributed by atoms with Gasteiger partial charge in [-0.2, -0.15) is 0 Å². The predicted molar refractivity (Wildman–Crippen MR) is 164 cm³/mol. The van der Waals surface area contributed by atoms with Gasteiger partial charge in [-0.15, -0.1) is 0 Å². The molecule has 0 aromatic heterocycles. The highest BCUT2D eigenvalue weighted by Gasteiger charge is 2.52. The van der Waals surface area contributed by atoms with Crippen LogP contribution in [0.1, 0.15) is 73.5 Å². The van der Waals surface area contributed by atoms with Gasteiger partial charge in [-0.25, -0.2) is 4.79 Å². The zero-order chi connectivity index (χ0) is 29.5. The second-order valence-electron chi connectivity index (χ2n) is 12.4. The number of alkyl carbamates (subject to hydrolysis) is 1. The van der Waals surface area contributed by atoms with Gasteiger partial charge in [-0.05, 0) is 86.0 Å². The molecule has 1 heterocycles. The minimum absolute atomic E-state index is 0.0168. The van der Waals surface area contributed by atoms with Crippen LogP contribution < -0.4 is 10.6 Å². The van der Waals surface area contributed by atoms with Crippen LogP contribution in [0.4, 0.5) is 4.79 Å². The molecule has 1 aliphatic heterocycles. The smallest absolute Gasteiger partial charge is 0.449 e. The third kappa shape index (κ3) is 5.74. The van der Waals surface area contributed by atoms with Gasteiger partial charge >= 0.3 is 13.2 Å². The molecule has 0 radical (unpaired) electrons. The van der Waals surface area contributed by atoms with Gasteiger partial charge in [-0.3, -0.25) is 4.79 Å². The molecule has 2 amide bonds. The summed E-state index contributed by atoms with van der Waals surface area (Å²) in [6.07, 6.45) is 3.52. The van der Waals surface area contributed by atoms with E-state index in [0.717, 1.165) is 23.9 Å². The van der Waals surface area contributed by atoms with E-state index in [2.05, 4.69) is 34.9 Å². The Morgan fingerprint density at radius 3 is 2.02 bits per heavy atom. The molecule has 2 N–H and O–H groups in total. The second kappa shape index (κ2) is 11.1. The van der Waals surface area contributed by atoms with E-state index >= 15 is 0 Å². The molecule has 0 atom stereocenters. The van der Waals surface area contributed by atoms with E-state index in [0.29, 0.717) is 11.6 Å². The van der Waals surface area contributed by atoms with E-state index in [-0.39, 0.29) is 25.0 Å². The van der Waals surface area contributed by atoms with Crippen LogP contribution in [0, 0.1) is 0 Å². The minimum atomic E-state index is -0.651. The predicted octanol–water partition coefficient (Wildman–Crippen LogP) is 6.13. The Balaban J connectivity index is 1.15. The van der Waals surface area contributed by atoms with Crippen molar-refractivity contribution in [1.29, 1.82) is 0 Å². The monoisotopic (exact) mass is 564 g/mol. The largest absolute Gasteiger partial charge is 0.492 e. The molecule has 0 unspecified atom stereocenters. The van der Waals surface area contributed by atoms with Crippen molar-refractivity contribution in [3.8, 4) is 11.1 Å². The number of rotatable bonds is 8. The van der Waals surface area contributed by atoms with Crippen LogP contribution in [0.25, 0.3) is 17.2 Å². The number of carbonyl (C=O) groups is 2. The molecule has 2 fully saturated rings. The van der Waals surface area contributed by atoms with Gasteiger partial charge in [0.1, 0.15) is 6.61 Å². The van der Waals surface area contributed by atoms with Crippen molar-refractivity contribution in [1.82, 2.24) is 10.6 Å². The Hall–Kier alpha value is -3.88. The maximum Gasteiger partial charge on any atom is 0.492 e. The van der Waals surface area contributed by atoms with Gasteiger partial charge in [0.25, 0.3) is 5.91 Å². The molecular weight excluding hydrogens is 527 g/mol. The number of benzene rings is 3. The number of amides is 2. The molecule has 216 valence electrons. The summed E-state index contributed by atoms with van der Waals surface area (Å²) in [4.78, 5) is 25.4. The standard InChI is InChI=1S/C34H37BN2O5/c1-33(2)34(3,4)42-35(41-33)24(19-22-13-15-23(16-14-22)31(38)37-25-17-18-25)20-36-32(39)40-21-30-28-11-7-5-9-26(28)27-10-6-8-12-29(27)30/h5-16,19,25,30H,17-18,20-21H2,1-4H3,(H,36,39)(H,37,38). The van der Waals surface area contributed by atoms with E-state index in [4.69, 9.17) is 14.0 Å². The molecule has 6 rings (SSSR count). The third-order valence-corrected chi connectivity index (χ3v) is 8.77. The fourth-order valence-electron chi connectivity index (χ4n) is 5.46. The van der Waals surface area contributed by atoms with Crippen LogP contribution in [0.2, 0.25) is 0 Å². The first-order chi connectivity index (χ1) is 20.1. The van der Waals surface area contributed by atoms with Crippen molar-refractivity contribution >= 4 is 25.2 Å². The molecule has 3 aliphatic rings. The number of hydrogen-bond donors (Lipinski definition) is 2. The van der Waals surface area contributed by atoms with Gasteiger partial charge in [-0.1, -0.05) is 66.7 Å². The molecule has 2 aliphatic carbocycles. The highest BCUT2D eigenvalue weighted by Crippen LogP contribution is 2.44. The summed E-state index contributed by atoms with van der Waals surface area (Å²) >= 11 is 0. The van der Waals surface area contributed by atoms with Crippen molar-refractivity contribution in [2.45, 2.75) is 63.7 Å². The molecule has 3 aromatic carbocycles. The number of carbonyl (C=O) groups excluding carboxylic acids is 2. The molecule has 0 bridgehead atoms. The average molecular weight is 564 g/mol. The summed E-state index contributed by atoms with van der Waals surface area (Å²) in [7, 11) is -0.651. The number of fused-ring (bicyclic) bond motifs is 3. The van der Waals surface area contributed by atoms with Gasteiger partial charge in [0.15, 0.2) is 0 Å². The van der Waals surface area contributed by atoms with Gasteiger partial charge in [0, 0.05) is 24.1 Å². The summed E-state index contributed by atoms with van der Waals surface area (Å²) in [6, 6.07) is 24.2. The van der Waals surface area contributed by atoms with E-state index < -0.39 is 24.4 Å². The van der Waals surface area contributed by atoms with Crippen LogP contribution in [0.15, 0.2) is 78.3 Å². The lowest BCUT2D eigenvalue weighted by molar-refractivity contribution is 0.00578. The van der Waals surface area contributed by atoms with Crippen molar-refractivity contribution in [2.75, 3.05) is 13.2 Å². The Labute approximate surface area is 247 Å². The lowest BCUT2D eigenvalue weighted by atomic mass is 9.77. The van der Waals surface area contributed by atoms with E-state index in [1.165, 1.54) is 22.3 Å². The van der Waals surface area contributed by atoms with Crippen molar-refractivity contribution in [2.24, 2.45) is 0 Å². The Kier molecular flexibility index (Phi) is 7.45. The molecule has 8 heteroatoms. The van der Waals surface area contributed by atoms with E-state index in [1.807, 2.05) is 82.3 Å². The molecule has 1 saturated heterocycles. The van der Waals surface area contributed by atoms with Crippen LogP contribution in [0.3, 0.4) is 0 Å². The van der Waals surface area contributed by atoms with Crippen LogP contribution >= 0.6 is 0 Å². The van der Waals surface area contributed by atoms with Crippen molar-refractivity contribution in [3.63, 3.8) is 0 Å². The normalized spacial score (nSPS) is 18.8. The van der Waals surface area contributed by atoms with Crippen LogP contribution in [0.5, 0.6) is 0 Å². The highest BCUT2D eigenvalue weighted by atomic mass is 16.7. The van der Waals surface area contributed by atoms with Crippen molar-refractivity contribution in [3.05, 3.63) is 101 Å². The first-order valence-electron chi connectivity index (χ1n) is 14.7. The van der Waals surface area contributed by atoms with Gasteiger partial charge in [0.2, 0.25) is 0 Å². The molecule has 3 aromatic rings. The van der Waals surface area contributed by atoms with Gasteiger partial charge in [0.05, 0.1) is 11.2 Å². The summed E-state index contributed by atoms with van der Waals surface area (Å²) in [5.41, 5.74) is 5.86. The molecule has 0 spiro atoms. The molecule has 42 heavy (non-hydrogen) atoms. The maximum atomic E-state index is 13.0. The van der Waals surface area contributed by atoms with Crippen molar-refractivity contribution < 1.29 is 23.6 Å². The number of hydrogen-bond acceptors (Lipinski definition) is 5. The topological polar surface area (TPSA) is 85.9 Å². The van der Waals surface area contributed by atoms with Crippen LogP contribution in [-0.2, 0) is 14.0 Å². The summed E-state index contributed by atoms with van der Waals surface area (Å²) < 4.78 is 18.4. The lowest BCUT2D eigenvalue weighted by Crippen LogP contribution is -2.41. The van der Waals surface area contributed by atoms with Crippen LogP contribution in [-0.4, -0.2) is 49.5 Å². The quantitative estimate of drug-likeness (QED) is 0.322. The zero-order valence-corrected chi connectivity index (χ0v) is 24.6. The van der Waals surface area contributed by atoms with Gasteiger partial charge < -0.3 is 24.7 Å². The molecular formula is C34H37BN2O5. The highest BCUT2D eigenvalue weighted by molar-refractivity contribution is 6.56. The first kappa shape index (κ1) is 28.3. The van der Waals surface area contributed by atoms with E-state index in [9.17, 15) is 9.59 Å². The zero-order valence-electron chi connectivity index (χ0n) is 24.6. The fraction of sp³-hybridized carbons (Fsp3) is 0.353. The molecule has 1 saturated carbocycles.